The van der Waals surface area contributed by atoms with Gasteiger partial charge in [0, 0.05) is 16.7 Å². The summed E-state index contributed by atoms with van der Waals surface area (Å²) in [4.78, 5) is 4.78. The highest BCUT2D eigenvalue weighted by atomic mass is 19.1. The quantitative estimate of drug-likeness (QED) is 0.633. The lowest BCUT2D eigenvalue weighted by molar-refractivity contribution is 0.628. The molecule has 2 heteroatoms. The van der Waals surface area contributed by atoms with E-state index in [4.69, 9.17) is 4.98 Å². The van der Waals surface area contributed by atoms with E-state index in [1.807, 2.05) is 12.1 Å². The summed E-state index contributed by atoms with van der Waals surface area (Å²) in [5, 5.41) is 0. The molecule has 0 saturated heterocycles. The van der Waals surface area contributed by atoms with Crippen molar-refractivity contribution in [1.82, 2.24) is 4.98 Å². The zero-order chi connectivity index (χ0) is 13.7. The molecule has 1 nitrogen and oxygen atoms in total. The fraction of sp³-hybridized carbons (Fsp3) is 0.353. The SMILES string of the molecule is CC(C)c1nc(C(C)C)c2c(-c3ccc(F)cc3)c1-2. The fourth-order valence-corrected chi connectivity index (χ4v) is 2.68. The molecule has 3 rings (SSSR count). The predicted molar refractivity (Wildman–Crippen MR) is 76.8 cm³/mol. The highest BCUT2D eigenvalue weighted by molar-refractivity contribution is 6.10. The number of fused-ring (bicyclic) bond motifs is 1. The van der Waals surface area contributed by atoms with Gasteiger partial charge in [-0.1, -0.05) is 39.8 Å². The van der Waals surface area contributed by atoms with Crippen molar-refractivity contribution in [2.45, 2.75) is 39.5 Å². The minimum absolute atomic E-state index is 0.184. The van der Waals surface area contributed by atoms with Crippen LogP contribution in [0.2, 0.25) is 0 Å². The highest BCUT2D eigenvalue weighted by Gasteiger charge is 2.36. The number of hydrogen-bond acceptors (Lipinski definition) is 1. The molecule has 1 aliphatic heterocycles. The molecule has 19 heavy (non-hydrogen) atoms. The van der Waals surface area contributed by atoms with E-state index in [1.165, 1.54) is 40.2 Å². The first-order chi connectivity index (χ1) is 9.00. The molecule has 1 aromatic carbocycles. The second kappa shape index (κ2) is 4.16. The fourth-order valence-electron chi connectivity index (χ4n) is 2.68. The summed E-state index contributed by atoms with van der Waals surface area (Å²) < 4.78 is 13.0. The van der Waals surface area contributed by atoms with Gasteiger partial charge in [-0.3, -0.25) is 4.98 Å². The van der Waals surface area contributed by atoms with Gasteiger partial charge in [0.25, 0.3) is 0 Å². The standard InChI is InChI=1S/C17H18FN/c1-9(2)16-14-13(11-5-7-12(18)8-6-11)15(14)17(19-16)10(3)4/h5-10H,1-4H3. The maximum Gasteiger partial charge on any atom is 0.123 e. The molecule has 0 radical (unpaired) electrons. The summed E-state index contributed by atoms with van der Waals surface area (Å²) in [6, 6.07) is 6.77. The number of aromatic nitrogens is 1. The average Bonchev–Trinajstić information content (AvgIpc) is 2.93. The van der Waals surface area contributed by atoms with Crippen LogP contribution in [0.1, 0.15) is 50.9 Å². The van der Waals surface area contributed by atoms with Crippen LogP contribution in [0.15, 0.2) is 24.3 Å². The normalized spacial score (nSPS) is 12.4. The maximum absolute atomic E-state index is 13.0. The topological polar surface area (TPSA) is 12.9 Å². The van der Waals surface area contributed by atoms with E-state index >= 15 is 0 Å². The van der Waals surface area contributed by atoms with Gasteiger partial charge in [-0.25, -0.2) is 4.39 Å². The molecule has 0 saturated carbocycles. The van der Waals surface area contributed by atoms with Gasteiger partial charge in [-0.15, -0.1) is 0 Å². The van der Waals surface area contributed by atoms with Crippen LogP contribution in [-0.4, -0.2) is 4.98 Å². The second-order valence-corrected chi connectivity index (χ2v) is 5.82. The average molecular weight is 255 g/mol. The van der Waals surface area contributed by atoms with Crippen molar-refractivity contribution in [3.63, 3.8) is 0 Å². The molecule has 0 fully saturated rings. The Morgan fingerprint density at radius 2 is 1.26 bits per heavy atom. The predicted octanol–water partition coefficient (Wildman–Crippen LogP) is 5.11. The van der Waals surface area contributed by atoms with Crippen LogP contribution < -0.4 is 0 Å². The van der Waals surface area contributed by atoms with Crippen LogP contribution in [0.4, 0.5) is 4.39 Å². The van der Waals surface area contributed by atoms with E-state index in [9.17, 15) is 4.39 Å². The molecule has 0 unspecified atom stereocenters. The van der Waals surface area contributed by atoms with E-state index in [0.29, 0.717) is 11.8 Å². The lowest BCUT2D eigenvalue weighted by Crippen LogP contribution is -1.92. The zero-order valence-corrected chi connectivity index (χ0v) is 11.8. The summed E-state index contributed by atoms with van der Waals surface area (Å²) in [7, 11) is 0. The molecule has 0 N–H and O–H groups in total. The van der Waals surface area contributed by atoms with Crippen molar-refractivity contribution in [3.8, 4) is 22.3 Å². The van der Waals surface area contributed by atoms with Gasteiger partial charge in [0.2, 0.25) is 0 Å². The van der Waals surface area contributed by atoms with E-state index < -0.39 is 0 Å². The number of rotatable bonds is 3. The number of pyridine rings is 1. The minimum Gasteiger partial charge on any atom is -0.256 e. The van der Waals surface area contributed by atoms with Crippen molar-refractivity contribution in [3.05, 3.63) is 41.5 Å². The summed E-state index contributed by atoms with van der Waals surface area (Å²) in [6.07, 6.45) is 0. The minimum atomic E-state index is -0.184. The van der Waals surface area contributed by atoms with E-state index in [-0.39, 0.29) is 5.82 Å². The van der Waals surface area contributed by atoms with Crippen molar-refractivity contribution in [2.24, 2.45) is 0 Å². The third kappa shape index (κ3) is 1.86. The third-order valence-electron chi connectivity index (χ3n) is 3.67. The van der Waals surface area contributed by atoms with Crippen LogP contribution >= 0.6 is 0 Å². The lowest BCUT2D eigenvalue weighted by atomic mass is 10.1. The third-order valence-corrected chi connectivity index (χ3v) is 3.67. The van der Waals surface area contributed by atoms with Crippen LogP contribution in [0.5, 0.6) is 0 Å². The summed E-state index contributed by atoms with van der Waals surface area (Å²) >= 11 is 0. The molecule has 0 bridgehead atoms. The molecular formula is C17H18FN. The number of nitrogens with zero attached hydrogens (tertiary/aromatic N) is 1. The summed E-state index contributed by atoms with van der Waals surface area (Å²) in [5.74, 6) is 0.675. The van der Waals surface area contributed by atoms with Gasteiger partial charge in [-0.2, -0.15) is 0 Å². The first-order valence-electron chi connectivity index (χ1n) is 6.84. The van der Waals surface area contributed by atoms with Gasteiger partial charge in [-0.05, 0) is 29.5 Å². The van der Waals surface area contributed by atoms with Gasteiger partial charge in [0.15, 0.2) is 0 Å². The molecular weight excluding hydrogens is 237 g/mol. The van der Waals surface area contributed by atoms with E-state index in [2.05, 4.69) is 27.7 Å². The number of benzene rings is 1. The smallest absolute Gasteiger partial charge is 0.123 e. The summed E-state index contributed by atoms with van der Waals surface area (Å²) in [6.45, 7) is 8.70. The Kier molecular flexibility index (Phi) is 2.70. The van der Waals surface area contributed by atoms with Gasteiger partial charge >= 0.3 is 0 Å². The Balaban J connectivity index is 2.12. The number of halogens is 1. The number of hydrogen-bond donors (Lipinski definition) is 0. The Labute approximate surface area is 113 Å². The molecule has 1 heterocycles. The summed E-state index contributed by atoms with van der Waals surface area (Å²) in [5.41, 5.74) is 7.40. The first kappa shape index (κ1) is 12.3. The Bertz CT molecular complexity index is 607. The molecule has 0 spiro atoms. The van der Waals surface area contributed by atoms with Crippen LogP contribution in [0.25, 0.3) is 22.3 Å². The molecule has 2 aliphatic rings. The van der Waals surface area contributed by atoms with Crippen LogP contribution in [-0.2, 0) is 0 Å². The second-order valence-electron chi connectivity index (χ2n) is 5.82. The molecule has 1 aromatic rings. The molecule has 1 aliphatic carbocycles. The van der Waals surface area contributed by atoms with Crippen molar-refractivity contribution >= 4 is 0 Å². The highest BCUT2D eigenvalue weighted by Crippen LogP contribution is 2.57. The van der Waals surface area contributed by atoms with Crippen LogP contribution in [0.3, 0.4) is 0 Å². The maximum atomic E-state index is 13.0. The molecule has 0 amide bonds. The van der Waals surface area contributed by atoms with Crippen LogP contribution in [0, 0.1) is 5.82 Å². The molecule has 0 aromatic heterocycles. The van der Waals surface area contributed by atoms with Crippen molar-refractivity contribution in [1.29, 1.82) is 0 Å². The monoisotopic (exact) mass is 255 g/mol. The van der Waals surface area contributed by atoms with E-state index in [0.717, 1.165) is 5.56 Å². The van der Waals surface area contributed by atoms with E-state index in [1.54, 1.807) is 0 Å². The Morgan fingerprint density at radius 3 is 1.68 bits per heavy atom. The lowest BCUT2D eigenvalue weighted by Gasteiger charge is -2.03. The zero-order valence-electron chi connectivity index (χ0n) is 11.8. The first-order valence-corrected chi connectivity index (χ1v) is 6.84. The Hall–Kier alpha value is -1.70. The van der Waals surface area contributed by atoms with Gasteiger partial charge in [0.1, 0.15) is 5.82 Å². The van der Waals surface area contributed by atoms with Crippen molar-refractivity contribution in [2.75, 3.05) is 0 Å². The van der Waals surface area contributed by atoms with Gasteiger partial charge in [0.05, 0.1) is 11.4 Å². The molecule has 0 atom stereocenters. The van der Waals surface area contributed by atoms with Crippen molar-refractivity contribution < 1.29 is 4.39 Å². The Morgan fingerprint density at radius 1 is 0.789 bits per heavy atom. The molecule has 98 valence electrons. The largest absolute Gasteiger partial charge is 0.256 e. The van der Waals surface area contributed by atoms with Gasteiger partial charge < -0.3 is 0 Å².